The number of hydrogen-bond donors (Lipinski definition) is 1. The third kappa shape index (κ3) is 2.13. The number of anilines is 1. The molecule has 0 fully saturated rings. The standard InChI is InChI=1S/C11H17N3O/c1-5-7-14(6-2)11-10(8-15)9(3)12-13(11)4/h1,15H,6-8H2,2-4H3. The van der Waals surface area contributed by atoms with Gasteiger partial charge in [-0.05, 0) is 13.8 Å². The molecule has 0 aromatic carbocycles. The van der Waals surface area contributed by atoms with Crippen molar-refractivity contribution >= 4 is 5.82 Å². The SMILES string of the molecule is C#CCN(CC)c1c(CO)c(C)nn1C. The van der Waals surface area contributed by atoms with Crippen LogP contribution in [0.5, 0.6) is 0 Å². The van der Waals surface area contributed by atoms with Crippen molar-refractivity contribution in [3.63, 3.8) is 0 Å². The third-order valence-corrected chi connectivity index (χ3v) is 2.43. The average molecular weight is 207 g/mol. The fraction of sp³-hybridized carbons (Fsp3) is 0.545. The van der Waals surface area contributed by atoms with Crippen molar-refractivity contribution in [2.45, 2.75) is 20.5 Å². The highest BCUT2D eigenvalue weighted by Crippen LogP contribution is 2.22. The first kappa shape index (κ1) is 11.6. The molecule has 0 aliphatic heterocycles. The Morgan fingerprint density at radius 2 is 2.27 bits per heavy atom. The Kier molecular flexibility index (Phi) is 3.75. The fourth-order valence-corrected chi connectivity index (χ4v) is 1.72. The molecule has 0 atom stereocenters. The second kappa shape index (κ2) is 4.85. The molecule has 1 heterocycles. The first-order chi connectivity index (χ1) is 7.15. The zero-order valence-electron chi connectivity index (χ0n) is 9.49. The second-order valence-corrected chi connectivity index (χ2v) is 3.39. The maximum Gasteiger partial charge on any atom is 0.133 e. The lowest BCUT2D eigenvalue weighted by molar-refractivity contribution is 0.281. The first-order valence-electron chi connectivity index (χ1n) is 4.97. The van der Waals surface area contributed by atoms with Crippen molar-refractivity contribution in [1.82, 2.24) is 9.78 Å². The molecule has 15 heavy (non-hydrogen) atoms. The number of nitrogens with zero attached hydrogens (tertiary/aromatic N) is 3. The predicted octanol–water partition coefficient (Wildman–Crippen LogP) is 0.680. The molecule has 0 saturated carbocycles. The van der Waals surface area contributed by atoms with Crippen LogP contribution in [-0.4, -0.2) is 28.0 Å². The van der Waals surface area contributed by atoms with Crippen LogP contribution >= 0.6 is 0 Å². The van der Waals surface area contributed by atoms with Gasteiger partial charge in [-0.3, -0.25) is 4.68 Å². The molecule has 0 saturated heterocycles. The quantitative estimate of drug-likeness (QED) is 0.738. The molecule has 0 unspecified atom stereocenters. The number of rotatable bonds is 4. The molecule has 0 aliphatic carbocycles. The average Bonchev–Trinajstić information content (AvgIpc) is 2.49. The van der Waals surface area contributed by atoms with Crippen molar-refractivity contribution in [3.05, 3.63) is 11.3 Å². The van der Waals surface area contributed by atoms with Gasteiger partial charge in [-0.25, -0.2) is 0 Å². The summed E-state index contributed by atoms with van der Waals surface area (Å²) in [6.07, 6.45) is 5.31. The zero-order chi connectivity index (χ0) is 11.4. The summed E-state index contributed by atoms with van der Waals surface area (Å²) < 4.78 is 1.77. The van der Waals surface area contributed by atoms with Crippen molar-refractivity contribution < 1.29 is 5.11 Å². The highest BCUT2D eigenvalue weighted by Gasteiger charge is 2.16. The van der Waals surface area contributed by atoms with Gasteiger partial charge in [0, 0.05) is 19.2 Å². The smallest absolute Gasteiger partial charge is 0.133 e. The summed E-state index contributed by atoms with van der Waals surface area (Å²) in [7, 11) is 1.86. The molecular weight excluding hydrogens is 190 g/mol. The highest BCUT2D eigenvalue weighted by molar-refractivity contribution is 5.50. The van der Waals surface area contributed by atoms with Crippen LogP contribution in [0.4, 0.5) is 5.82 Å². The number of aliphatic hydroxyl groups excluding tert-OH is 1. The fourth-order valence-electron chi connectivity index (χ4n) is 1.72. The topological polar surface area (TPSA) is 41.3 Å². The lowest BCUT2D eigenvalue weighted by Gasteiger charge is -2.21. The van der Waals surface area contributed by atoms with Crippen LogP contribution in [0.3, 0.4) is 0 Å². The maximum absolute atomic E-state index is 9.29. The summed E-state index contributed by atoms with van der Waals surface area (Å²) in [4.78, 5) is 2.02. The molecule has 1 N–H and O–H groups in total. The summed E-state index contributed by atoms with van der Waals surface area (Å²) in [5.41, 5.74) is 1.71. The molecule has 1 aromatic rings. The third-order valence-electron chi connectivity index (χ3n) is 2.43. The lowest BCUT2D eigenvalue weighted by atomic mass is 10.2. The Morgan fingerprint density at radius 1 is 1.60 bits per heavy atom. The Balaban J connectivity index is 3.16. The van der Waals surface area contributed by atoms with Gasteiger partial charge in [0.25, 0.3) is 0 Å². The molecule has 0 spiro atoms. The number of aromatic nitrogens is 2. The molecule has 0 amide bonds. The van der Waals surface area contributed by atoms with Crippen LogP contribution in [0, 0.1) is 19.3 Å². The molecule has 4 heteroatoms. The molecule has 0 bridgehead atoms. The largest absolute Gasteiger partial charge is 0.391 e. The predicted molar refractivity (Wildman–Crippen MR) is 60.6 cm³/mol. The van der Waals surface area contributed by atoms with Gasteiger partial charge in [-0.1, -0.05) is 5.92 Å². The molecule has 0 radical (unpaired) electrons. The minimum atomic E-state index is -0.00389. The van der Waals surface area contributed by atoms with Crippen LogP contribution in [-0.2, 0) is 13.7 Å². The van der Waals surface area contributed by atoms with E-state index in [2.05, 4.69) is 11.0 Å². The lowest BCUT2D eigenvalue weighted by Crippen LogP contribution is -2.26. The number of terminal acetylenes is 1. The van der Waals surface area contributed by atoms with Crippen molar-refractivity contribution in [1.29, 1.82) is 0 Å². The zero-order valence-corrected chi connectivity index (χ0v) is 9.49. The first-order valence-corrected chi connectivity index (χ1v) is 4.97. The minimum absolute atomic E-state index is 0.00389. The second-order valence-electron chi connectivity index (χ2n) is 3.39. The number of aliphatic hydroxyl groups is 1. The summed E-state index contributed by atoms with van der Waals surface area (Å²) in [6, 6.07) is 0. The minimum Gasteiger partial charge on any atom is -0.391 e. The Morgan fingerprint density at radius 3 is 2.73 bits per heavy atom. The highest BCUT2D eigenvalue weighted by atomic mass is 16.3. The van der Waals surface area contributed by atoms with Gasteiger partial charge in [0.05, 0.1) is 18.8 Å². The summed E-state index contributed by atoms with van der Waals surface area (Å²) in [5, 5.41) is 13.6. The molecule has 82 valence electrons. The van der Waals surface area contributed by atoms with Crippen LogP contribution in [0.25, 0.3) is 0 Å². The van der Waals surface area contributed by atoms with Crippen LogP contribution < -0.4 is 4.90 Å². The number of hydrogen-bond acceptors (Lipinski definition) is 3. The van der Waals surface area contributed by atoms with Gasteiger partial charge in [-0.15, -0.1) is 6.42 Å². The van der Waals surface area contributed by atoms with E-state index in [0.717, 1.165) is 23.6 Å². The van der Waals surface area contributed by atoms with Crippen molar-refractivity contribution in [3.8, 4) is 12.3 Å². The number of aryl methyl sites for hydroxylation is 2. The van der Waals surface area contributed by atoms with Crippen LogP contribution in [0.1, 0.15) is 18.2 Å². The van der Waals surface area contributed by atoms with E-state index in [4.69, 9.17) is 6.42 Å². The molecule has 4 nitrogen and oxygen atoms in total. The monoisotopic (exact) mass is 207 g/mol. The van der Waals surface area contributed by atoms with Crippen LogP contribution in [0.15, 0.2) is 0 Å². The Hall–Kier alpha value is -1.47. The normalized spacial score (nSPS) is 10.1. The summed E-state index contributed by atoms with van der Waals surface area (Å²) in [5.74, 6) is 3.52. The molecule has 0 aliphatic rings. The van der Waals surface area contributed by atoms with Gasteiger partial charge in [-0.2, -0.15) is 5.10 Å². The van der Waals surface area contributed by atoms with Gasteiger partial charge in [0.2, 0.25) is 0 Å². The summed E-state index contributed by atoms with van der Waals surface area (Å²) >= 11 is 0. The Bertz CT molecular complexity index is 376. The maximum atomic E-state index is 9.29. The Labute approximate surface area is 90.5 Å². The van der Waals surface area contributed by atoms with E-state index in [1.807, 2.05) is 25.8 Å². The van der Waals surface area contributed by atoms with Gasteiger partial charge in [0.15, 0.2) is 0 Å². The van der Waals surface area contributed by atoms with Crippen LogP contribution in [0.2, 0.25) is 0 Å². The van der Waals surface area contributed by atoms with E-state index in [-0.39, 0.29) is 6.61 Å². The van der Waals surface area contributed by atoms with E-state index < -0.39 is 0 Å². The van der Waals surface area contributed by atoms with E-state index >= 15 is 0 Å². The molecule has 1 aromatic heterocycles. The van der Waals surface area contributed by atoms with E-state index in [1.165, 1.54) is 0 Å². The van der Waals surface area contributed by atoms with E-state index in [1.54, 1.807) is 4.68 Å². The van der Waals surface area contributed by atoms with Gasteiger partial charge in [0.1, 0.15) is 5.82 Å². The molecule has 1 rings (SSSR count). The van der Waals surface area contributed by atoms with E-state index in [0.29, 0.717) is 6.54 Å². The van der Waals surface area contributed by atoms with Crippen molar-refractivity contribution in [2.24, 2.45) is 7.05 Å². The van der Waals surface area contributed by atoms with E-state index in [9.17, 15) is 5.11 Å². The van der Waals surface area contributed by atoms with Gasteiger partial charge < -0.3 is 10.0 Å². The molecular formula is C11H17N3O. The van der Waals surface area contributed by atoms with Crippen molar-refractivity contribution in [2.75, 3.05) is 18.0 Å². The van der Waals surface area contributed by atoms with Gasteiger partial charge >= 0.3 is 0 Å². The summed E-state index contributed by atoms with van der Waals surface area (Å²) in [6.45, 7) is 5.24.